The van der Waals surface area contributed by atoms with E-state index in [-0.39, 0.29) is 0 Å². The fraction of sp³-hybridized carbons (Fsp3) is 0.538. The molecule has 0 radical (unpaired) electrons. The van der Waals surface area contributed by atoms with Crippen LogP contribution in [-0.4, -0.2) is 18.3 Å². The van der Waals surface area contributed by atoms with Gasteiger partial charge in [-0.25, -0.2) is 0 Å². The minimum absolute atomic E-state index is 0.631. The van der Waals surface area contributed by atoms with Crippen LogP contribution < -0.4 is 5.32 Å². The predicted molar refractivity (Wildman–Crippen MR) is 69.8 cm³/mol. The van der Waals surface area contributed by atoms with E-state index < -0.39 is 0 Å². The van der Waals surface area contributed by atoms with Gasteiger partial charge >= 0.3 is 0 Å². The molecule has 0 saturated heterocycles. The zero-order valence-electron chi connectivity index (χ0n) is 10.1. The molecule has 1 rings (SSSR count). The second-order valence-corrected chi connectivity index (χ2v) is 5.49. The largest absolute Gasteiger partial charge is 0.316 e. The van der Waals surface area contributed by atoms with Gasteiger partial charge in [0.1, 0.15) is 0 Å². The van der Waals surface area contributed by atoms with Crippen molar-refractivity contribution in [1.29, 1.82) is 0 Å². The summed E-state index contributed by atoms with van der Waals surface area (Å²) >= 11 is 1.96. The molecule has 0 aliphatic carbocycles. The number of rotatable bonds is 5. The molecule has 0 heterocycles. The minimum atomic E-state index is 0.631. The smallest absolute Gasteiger partial charge is 0.0191 e. The molecule has 0 saturated carbocycles. The Balaban J connectivity index is 2.56. The first-order valence-electron chi connectivity index (χ1n) is 5.58. The van der Waals surface area contributed by atoms with Gasteiger partial charge in [-0.1, -0.05) is 31.5 Å². The van der Waals surface area contributed by atoms with Gasteiger partial charge in [0.15, 0.2) is 0 Å². The quantitative estimate of drug-likeness (QED) is 0.768. The topological polar surface area (TPSA) is 12.0 Å². The molecular weight excluding hydrogens is 202 g/mol. The standard InChI is InChI=1S/C13H21NS/c1-5-14-9-12(4)15-13-7-6-10(2)8-11(13)3/h6-8,12,14H,5,9H2,1-4H3. The lowest BCUT2D eigenvalue weighted by Crippen LogP contribution is -2.22. The van der Waals surface area contributed by atoms with Crippen LogP contribution in [0.4, 0.5) is 0 Å². The Bertz CT molecular complexity index is 309. The number of hydrogen-bond acceptors (Lipinski definition) is 2. The molecule has 0 fully saturated rings. The van der Waals surface area contributed by atoms with Crippen molar-refractivity contribution in [3.05, 3.63) is 29.3 Å². The zero-order chi connectivity index (χ0) is 11.3. The molecule has 0 bridgehead atoms. The van der Waals surface area contributed by atoms with E-state index in [1.165, 1.54) is 16.0 Å². The second-order valence-electron chi connectivity index (χ2n) is 4.01. The Morgan fingerprint density at radius 3 is 2.67 bits per heavy atom. The highest BCUT2D eigenvalue weighted by molar-refractivity contribution is 8.00. The van der Waals surface area contributed by atoms with Gasteiger partial charge in [-0.3, -0.25) is 0 Å². The van der Waals surface area contributed by atoms with E-state index in [2.05, 4.69) is 51.2 Å². The number of thioether (sulfide) groups is 1. The first-order chi connectivity index (χ1) is 7.13. The summed E-state index contributed by atoms with van der Waals surface area (Å²) in [6, 6.07) is 6.68. The van der Waals surface area contributed by atoms with E-state index in [1.54, 1.807) is 0 Å². The lowest BCUT2D eigenvalue weighted by atomic mass is 10.2. The molecule has 0 aliphatic rings. The fourth-order valence-corrected chi connectivity index (χ4v) is 2.56. The second kappa shape index (κ2) is 6.19. The number of aryl methyl sites for hydroxylation is 2. The van der Waals surface area contributed by atoms with Gasteiger partial charge in [0.05, 0.1) is 0 Å². The maximum Gasteiger partial charge on any atom is 0.0191 e. The van der Waals surface area contributed by atoms with E-state index in [4.69, 9.17) is 0 Å². The first kappa shape index (κ1) is 12.6. The van der Waals surface area contributed by atoms with Gasteiger partial charge in [-0.05, 0) is 32.0 Å². The van der Waals surface area contributed by atoms with E-state index in [9.17, 15) is 0 Å². The lowest BCUT2D eigenvalue weighted by Gasteiger charge is -2.13. The third kappa shape index (κ3) is 4.27. The van der Waals surface area contributed by atoms with Crippen LogP contribution in [0, 0.1) is 13.8 Å². The monoisotopic (exact) mass is 223 g/mol. The van der Waals surface area contributed by atoms with E-state index in [1.807, 2.05) is 11.8 Å². The Morgan fingerprint density at radius 2 is 2.07 bits per heavy atom. The Hall–Kier alpha value is -0.470. The summed E-state index contributed by atoms with van der Waals surface area (Å²) in [6.07, 6.45) is 0. The summed E-state index contributed by atoms with van der Waals surface area (Å²) in [5.74, 6) is 0. The molecule has 0 aliphatic heterocycles. The Kier molecular flexibility index (Phi) is 5.20. The van der Waals surface area contributed by atoms with Crippen LogP contribution in [0.1, 0.15) is 25.0 Å². The molecule has 0 aromatic heterocycles. The molecule has 2 heteroatoms. The molecule has 1 N–H and O–H groups in total. The number of benzene rings is 1. The molecule has 1 atom stereocenters. The van der Waals surface area contributed by atoms with Crippen molar-refractivity contribution in [2.75, 3.05) is 13.1 Å². The van der Waals surface area contributed by atoms with Gasteiger partial charge in [0, 0.05) is 16.7 Å². The molecule has 15 heavy (non-hydrogen) atoms. The summed E-state index contributed by atoms with van der Waals surface area (Å²) in [4.78, 5) is 1.41. The van der Waals surface area contributed by atoms with Gasteiger partial charge in [0.2, 0.25) is 0 Å². The van der Waals surface area contributed by atoms with Crippen LogP contribution in [0.2, 0.25) is 0 Å². The summed E-state index contributed by atoms with van der Waals surface area (Å²) in [6.45, 7) is 10.9. The highest BCUT2D eigenvalue weighted by atomic mass is 32.2. The normalized spacial score (nSPS) is 12.8. The molecular formula is C13H21NS. The van der Waals surface area contributed by atoms with Crippen LogP contribution in [0.5, 0.6) is 0 Å². The average molecular weight is 223 g/mol. The van der Waals surface area contributed by atoms with E-state index in [0.717, 1.165) is 13.1 Å². The van der Waals surface area contributed by atoms with E-state index >= 15 is 0 Å². The summed E-state index contributed by atoms with van der Waals surface area (Å²) < 4.78 is 0. The highest BCUT2D eigenvalue weighted by Gasteiger charge is 2.05. The fourth-order valence-electron chi connectivity index (χ4n) is 1.54. The van der Waals surface area contributed by atoms with Gasteiger partial charge in [-0.15, -0.1) is 11.8 Å². The van der Waals surface area contributed by atoms with Crippen molar-refractivity contribution < 1.29 is 0 Å². The predicted octanol–water partition coefficient (Wildman–Crippen LogP) is 3.39. The maximum absolute atomic E-state index is 3.38. The van der Waals surface area contributed by atoms with Crippen molar-refractivity contribution >= 4 is 11.8 Å². The zero-order valence-corrected chi connectivity index (χ0v) is 10.9. The lowest BCUT2D eigenvalue weighted by molar-refractivity contribution is 0.713. The maximum atomic E-state index is 3.38. The molecule has 1 aromatic rings. The molecule has 0 amide bonds. The molecule has 1 aromatic carbocycles. The number of nitrogens with one attached hydrogen (secondary N) is 1. The Labute approximate surface area is 97.7 Å². The SMILES string of the molecule is CCNCC(C)Sc1ccc(C)cc1C. The van der Waals surface area contributed by atoms with Crippen molar-refractivity contribution in [2.24, 2.45) is 0 Å². The summed E-state index contributed by atoms with van der Waals surface area (Å²) in [7, 11) is 0. The van der Waals surface area contributed by atoms with Crippen LogP contribution >= 0.6 is 11.8 Å². The average Bonchev–Trinajstić information content (AvgIpc) is 2.19. The van der Waals surface area contributed by atoms with Crippen LogP contribution in [-0.2, 0) is 0 Å². The summed E-state index contributed by atoms with van der Waals surface area (Å²) in [5, 5.41) is 4.01. The molecule has 1 unspecified atom stereocenters. The van der Waals surface area contributed by atoms with Crippen molar-refractivity contribution in [3.8, 4) is 0 Å². The Morgan fingerprint density at radius 1 is 1.33 bits per heavy atom. The highest BCUT2D eigenvalue weighted by Crippen LogP contribution is 2.26. The minimum Gasteiger partial charge on any atom is -0.316 e. The number of hydrogen-bond donors (Lipinski definition) is 1. The molecule has 0 spiro atoms. The molecule has 84 valence electrons. The van der Waals surface area contributed by atoms with Crippen molar-refractivity contribution in [3.63, 3.8) is 0 Å². The van der Waals surface area contributed by atoms with Gasteiger partial charge in [0.25, 0.3) is 0 Å². The van der Waals surface area contributed by atoms with Gasteiger partial charge in [-0.2, -0.15) is 0 Å². The van der Waals surface area contributed by atoms with Gasteiger partial charge < -0.3 is 5.32 Å². The third-order valence-corrected chi connectivity index (χ3v) is 3.62. The first-order valence-corrected chi connectivity index (χ1v) is 6.46. The summed E-state index contributed by atoms with van der Waals surface area (Å²) in [5.41, 5.74) is 2.74. The third-order valence-electron chi connectivity index (χ3n) is 2.34. The van der Waals surface area contributed by atoms with Crippen LogP contribution in [0.25, 0.3) is 0 Å². The van der Waals surface area contributed by atoms with Crippen LogP contribution in [0.15, 0.2) is 23.1 Å². The van der Waals surface area contributed by atoms with E-state index in [0.29, 0.717) is 5.25 Å². The van der Waals surface area contributed by atoms with Crippen molar-refractivity contribution in [1.82, 2.24) is 5.32 Å². The molecule has 1 nitrogen and oxygen atoms in total. The van der Waals surface area contributed by atoms with Crippen molar-refractivity contribution in [2.45, 2.75) is 37.8 Å². The van der Waals surface area contributed by atoms with Crippen LogP contribution in [0.3, 0.4) is 0 Å².